The Bertz CT molecular complexity index is 255. The van der Waals surface area contributed by atoms with Crippen molar-refractivity contribution in [1.82, 2.24) is 15.5 Å². The van der Waals surface area contributed by atoms with Crippen LogP contribution >= 0.6 is 0 Å². The van der Waals surface area contributed by atoms with E-state index in [1.165, 1.54) is 0 Å². The molecule has 0 bridgehead atoms. The number of amides is 1. The maximum Gasteiger partial charge on any atom is 0.237 e. The molecule has 3 atom stereocenters. The van der Waals surface area contributed by atoms with Gasteiger partial charge in [-0.05, 0) is 26.7 Å². The highest BCUT2D eigenvalue weighted by Crippen LogP contribution is 2.11. The van der Waals surface area contributed by atoms with E-state index in [1.807, 2.05) is 6.92 Å². The van der Waals surface area contributed by atoms with Gasteiger partial charge in [0.2, 0.25) is 5.91 Å². The van der Waals surface area contributed by atoms with Crippen LogP contribution in [0.15, 0.2) is 0 Å². The van der Waals surface area contributed by atoms with E-state index in [1.54, 1.807) is 0 Å². The lowest BCUT2D eigenvalue weighted by atomic mass is 10.1. The summed E-state index contributed by atoms with van der Waals surface area (Å²) in [4.78, 5) is 14.3. The first kappa shape index (κ1) is 14.5. The van der Waals surface area contributed by atoms with Gasteiger partial charge in [-0.1, -0.05) is 13.8 Å². The molecule has 1 amide bonds. The molecule has 17 heavy (non-hydrogen) atoms. The van der Waals surface area contributed by atoms with Gasteiger partial charge in [-0.25, -0.2) is 0 Å². The summed E-state index contributed by atoms with van der Waals surface area (Å²) in [6, 6.07) is 0.853. The molecule has 2 N–H and O–H groups in total. The predicted molar refractivity (Wildman–Crippen MR) is 70.9 cm³/mol. The topological polar surface area (TPSA) is 44.4 Å². The van der Waals surface area contributed by atoms with Gasteiger partial charge in [-0.2, -0.15) is 0 Å². The third-order valence-corrected chi connectivity index (χ3v) is 3.37. The van der Waals surface area contributed by atoms with Crippen molar-refractivity contribution in [2.24, 2.45) is 5.92 Å². The number of carbonyl (C=O) groups excluding carboxylic acids is 1. The van der Waals surface area contributed by atoms with E-state index in [9.17, 15) is 4.79 Å². The van der Waals surface area contributed by atoms with Crippen LogP contribution in [-0.2, 0) is 4.79 Å². The van der Waals surface area contributed by atoms with Crippen molar-refractivity contribution in [1.29, 1.82) is 0 Å². The lowest BCUT2D eigenvalue weighted by Gasteiger charge is -2.40. The van der Waals surface area contributed by atoms with Gasteiger partial charge in [0.25, 0.3) is 0 Å². The first-order valence-corrected chi connectivity index (χ1v) is 6.68. The van der Waals surface area contributed by atoms with Gasteiger partial charge < -0.3 is 10.6 Å². The van der Waals surface area contributed by atoms with Crippen LogP contribution in [0.4, 0.5) is 0 Å². The summed E-state index contributed by atoms with van der Waals surface area (Å²) >= 11 is 0. The molecule has 1 saturated heterocycles. The van der Waals surface area contributed by atoms with Crippen LogP contribution < -0.4 is 10.6 Å². The summed E-state index contributed by atoms with van der Waals surface area (Å²) in [5.74, 6) is 0.658. The standard InChI is InChI=1S/C13H27N3O/c1-9(2)6-15-13(17)12(5)16-8-10(3)14-7-11(16)4/h9-12,14H,6-8H2,1-5H3,(H,15,17). The van der Waals surface area contributed by atoms with Crippen molar-refractivity contribution in [3.8, 4) is 0 Å². The van der Waals surface area contributed by atoms with Gasteiger partial charge >= 0.3 is 0 Å². The molecule has 100 valence electrons. The summed E-state index contributed by atoms with van der Waals surface area (Å²) in [5, 5.41) is 6.45. The normalized spacial score (nSPS) is 28.1. The number of hydrogen-bond acceptors (Lipinski definition) is 3. The zero-order chi connectivity index (χ0) is 13.0. The average Bonchev–Trinajstić information content (AvgIpc) is 2.28. The molecule has 4 nitrogen and oxygen atoms in total. The number of nitrogens with zero attached hydrogens (tertiary/aromatic N) is 1. The Balaban J connectivity index is 2.49. The highest BCUT2D eigenvalue weighted by molar-refractivity contribution is 5.81. The second-order valence-electron chi connectivity index (χ2n) is 5.67. The van der Waals surface area contributed by atoms with E-state index in [2.05, 4.69) is 43.2 Å². The minimum atomic E-state index is -0.0340. The second kappa shape index (κ2) is 6.36. The summed E-state index contributed by atoms with van der Waals surface area (Å²) in [6.45, 7) is 13.2. The molecule has 1 heterocycles. The SMILES string of the molecule is CC(C)CNC(=O)C(C)N1CC(C)NCC1C. The minimum Gasteiger partial charge on any atom is -0.354 e. The van der Waals surface area contributed by atoms with Crippen LogP contribution in [0.2, 0.25) is 0 Å². The number of hydrogen-bond donors (Lipinski definition) is 2. The fraction of sp³-hybridized carbons (Fsp3) is 0.923. The highest BCUT2D eigenvalue weighted by Gasteiger charge is 2.29. The Morgan fingerprint density at radius 1 is 1.41 bits per heavy atom. The average molecular weight is 241 g/mol. The van der Waals surface area contributed by atoms with Crippen molar-refractivity contribution in [2.45, 2.75) is 52.7 Å². The van der Waals surface area contributed by atoms with Crippen LogP contribution in [0.1, 0.15) is 34.6 Å². The first-order chi connectivity index (χ1) is 7.91. The molecule has 3 unspecified atom stereocenters. The Morgan fingerprint density at radius 3 is 2.65 bits per heavy atom. The van der Waals surface area contributed by atoms with Gasteiger partial charge in [0.15, 0.2) is 0 Å². The maximum atomic E-state index is 12.0. The van der Waals surface area contributed by atoms with Crippen molar-refractivity contribution in [3.63, 3.8) is 0 Å². The molecule has 1 rings (SSSR count). The first-order valence-electron chi connectivity index (χ1n) is 6.68. The molecule has 0 spiro atoms. The number of carbonyl (C=O) groups is 1. The lowest BCUT2D eigenvalue weighted by Crippen LogP contribution is -2.60. The Kier molecular flexibility index (Phi) is 5.40. The Morgan fingerprint density at radius 2 is 2.06 bits per heavy atom. The summed E-state index contributed by atoms with van der Waals surface area (Å²) in [7, 11) is 0. The fourth-order valence-corrected chi connectivity index (χ4v) is 2.19. The largest absolute Gasteiger partial charge is 0.354 e. The summed E-state index contributed by atoms with van der Waals surface area (Å²) in [5.41, 5.74) is 0. The molecular weight excluding hydrogens is 214 g/mol. The Hall–Kier alpha value is -0.610. The van der Waals surface area contributed by atoms with E-state index in [0.717, 1.165) is 19.6 Å². The Labute approximate surface area is 105 Å². The van der Waals surface area contributed by atoms with E-state index < -0.39 is 0 Å². The third kappa shape index (κ3) is 4.28. The minimum absolute atomic E-state index is 0.0340. The third-order valence-electron chi connectivity index (χ3n) is 3.37. The van der Waals surface area contributed by atoms with Crippen molar-refractivity contribution < 1.29 is 4.79 Å². The molecular formula is C13H27N3O. The zero-order valence-corrected chi connectivity index (χ0v) is 11.8. The number of rotatable bonds is 4. The fourth-order valence-electron chi connectivity index (χ4n) is 2.19. The van der Waals surface area contributed by atoms with Crippen molar-refractivity contribution in [2.75, 3.05) is 19.6 Å². The van der Waals surface area contributed by atoms with Crippen molar-refractivity contribution in [3.05, 3.63) is 0 Å². The van der Waals surface area contributed by atoms with E-state index in [-0.39, 0.29) is 11.9 Å². The zero-order valence-electron chi connectivity index (χ0n) is 11.8. The molecule has 0 aromatic heterocycles. The van der Waals surface area contributed by atoms with Crippen LogP contribution in [0, 0.1) is 5.92 Å². The van der Waals surface area contributed by atoms with Gasteiger partial charge in [-0.3, -0.25) is 9.69 Å². The lowest BCUT2D eigenvalue weighted by molar-refractivity contribution is -0.127. The van der Waals surface area contributed by atoms with Gasteiger partial charge in [0.05, 0.1) is 6.04 Å². The van der Waals surface area contributed by atoms with E-state index in [4.69, 9.17) is 0 Å². The second-order valence-corrected chi connectivity index (χ2v) is 5.67. The molecule has 1 aliphatic rings. The van der Waals surface area contributed by atoms with E-state index in [0.29, 0.717) is 18.0 Å². The predicted octanol–water partition coefficient (Wildman–Crippen LogP) is 0.829. The monoisotopic (exact) mass is 241 g/mol. The van der Waals surface area contributed by atoms with Gasteiger partial charge in [-0.15, -0.1) is 0 Å². The molecule has 4 heteroatoms. The number of piperazine rings is 1. The van der Waals surface area contributed by atoms with Crippen LogP contribution in [0.3, 0.4) is 0 Å². The smallest absolute Gasteiger partial charge is 0.237 e. The highest BCUT2D eigenvalue weighted by atomic mass is 16.2. The van der Waals surface area contributed by atoms with Crippen LogP contribution in [0.5, 0.6) is 0 Å². The summed E-state index contributed by atoms with van der Waals surface area (Å²) in [6.07, 6.45) is 0. The quantitative estimate of drug-likeness (QED) is 0.766. The van der Waals surface area contributed by atoms with Crippen molar-refractivity contribution >= 4 is 5.91 Å². The molecule has 0 radical (unpaired) electrons. The van der Waals surface area contributed by atoms with E-state index >= 15 is 0 Å². The molecule has 1 aliphatic heterocycles. The van der Waals surface area contributed by atoms with Crippen LogP contribution in [-0.4, -0.2) is 48.6 Å². The molecule has 1 fully saturated rings. The molecule has 0 aliphatic carbocycles. The van der Waals surface area contributed by atoms with Gasteiger partial charge in [0, 0.05) is 31.7 Å². The molecule has 0 aromatic rings. The molecule has 0 aromatic carbocycles. The van der Waals surface area contributed by atoms with Gasteiger partial charge in [0.1, 0.15) is 0 Å². The maximum absolute atomic E-state index is 12.0. The molecule has 0 saturated carbocycles. The van der Waals surface area contributed by atoms with Crippen LogP contribution in [0.25, 0.3) is 0 Å². The summed E-state index contributed by atoms with van der Waals surface area (Å²) < 4.78 is 0. The number of nitrogens with one attached hydrogen (secondary N) is 2.